The highest BCUT2D eigenvalue weighted by Gasteiger charge is 2.09. The zero-order valence-corrected chi connectivity index (χ0v) is 23.7. The van der Waals surface area contributed by atoms with Crippen LogP contribution >= 0.6 is 0 Å². The van der Waals surface area contributed by atoms with Gasteiger partial charge in [-0.2, -0.15) is 0 Å². The van der Waals surface area contributed by atoms with Gasteiger partial charge in [-0.25, -0.2) is 0 Å². The minimum absolute atomic E-state index is 0.0319. The molecule has 4 heteroatoms. The van der Waals surface area contributed by atoms with Crippen molar-refractivity contribution < 1.29 is 19.4 Å². The number of ketones is 2. The number of carbonyl (C=O) groups excluding carboxylic acids is 2. The van der Waals surface area contributed by atoms with Crippen LogP contribution in [-0.4, -0.2) is 23.3 Å². The second kappa shape index (κ2) is 18.0. The van der Waals surface area contributed by atoms with E-state index in [-0.39, 0.29) is 17.3 Å². The van der Waals surface area contributed by atoms with Gasteiger partial charge in [0, 0.05) is 22.3 Å². The molecule has 41 heavy (non-hydrogen) atoms. The number of hydrogen-bond donors (Lipinski definition) is 1. The fourth-order valence-corrected chi connectivity index (χ4v) is 4.29. The van der Waals surface area contributed by atoms with Gasteiger partial charge < -0.3 is 9.84 Å². The summed E-state index contributed by atoms with van der Waals surface area (Å²) in [6.07, 6.45) is 11.9. The third-order valence-corrected chi connectivity index (χ3v) is 6.64. The fraction of sp³-hybridized carbons (Fsp3) is 0.243. The summed E-state index contributed by atoms with van der Waals surface area (Å²) in [6.45, 7) is 4.49. The zero-order valence-electron chi connectivity index (χ0n) is 23.7. The molecule has 0 saturated carbocycles. The monoisotopic (exact) mass is 548 g/mol. The molecule has 4 rings (SSSR count). The molecule has 0 bridgehead atoms. The second-order valence-corrected chi connectivity index (χ2v) is 9.86. The molecule has 0 fully saturated rings. The number of benzene rings is 4. The number of phenolic OH excluding ortho intramolecular Hbond substituents is 1. The summed E-state index contributed by atoms with van der Waals surface area (Å²) < 4.78 is 5.78. The van der Waals surface area contributed by atoms with Crippen LogP contribution in [0.5, 0.6) is 11.5 Å². The van der Waals surface area contributed by atoms with Gasteiger partial charge in [-0.3, -0.25) is 9.59 Å². The summed E-state index contributed by atoms with van der Waals surface area (Å²) in [6, 6.07) is 32.1. The Labute approximate surface area is 244 Å². The molecule has 0 aliphatic carbocycles. The molecule has 0 heterocycles. The van der Waals surface area contributed by atoms with Gasteiger partial charge in [0.2, 0.25) is 0 Å². The van der Waals surface area contributed by atoms with Crippen molar-refractivity contribution in [3.05, 3.63) is 144 Å². The Morgan fingerprint density at radius 2 is 0.976 bits per heavy atom. The molecule has 0 amide bonds. The van der Waals surface area contributed by atoms with Crippen molar-refractivity contribution >= 4 is 11.6 Å². The number of allylic oxidation sites excluding steroid dienone is 1. The van der Waals surface area contributed by atoms with Crippen LogP contribution in [0, 0.1) is 0 Å². The van der Waals surface area contributed by atoms with Crippen molar-refractivity contribution in [1.82, 2.24) is 0 Å². The van der Waals surface area contributed by atoms with Gasteiger partial charge in [0.25, 0.3) is 0 Å². The van der Waals surface area contributed by atoms with E-state index in [1.54, 1.807) is 24.3 Å². The lowest BCUT2D eigenvalue weighted by atomic mass is 10.0. The minimum atomic E-state index is -0.0319. The Morgan fingerprint density at radius 1 is 0.561 bits per heavy atom. The summed E-state index contributed by atoms with van der Waals surface area (Å²) in [5.41, 5.74) is 2.65. The van der Waals surface area contributed by atoms with Crippen LogP contribution in [0.25, 0.3) is 0 Å². The highest BCUT2D eigenvalue weighted by molar-refractivity contribution is 6.09. The molecular formula is C37H40O4. The zero-order chi connectivity index (χ0) is 29.1. The fourth-order valence-electron chi connectivity index (χ4n) is 4.29. The molecule has 0 radical (unpaired) electrons. The number of unbranched alkanes of at least 4 members (excludes halogenated alkanes) is 7. The summed E-state index contributed by atoms with van der Waals surface area (Å²) in [7, 11) is 0. The van der Waals surface area contributed by atoms with E-state index in [9.17, 15) is 9.59 Å². The Kier molecular flexibility index (Phi) is 13.7. The molecule has 0 aromatic heterocycles. The Bertz CT molecular complexity index is 1310. The molecule has 0 aliphatic heterocycles. The first-order valence-electron chi connectivity index (χ1n) is 14.4. The van der Waals surface area contributed by atoms with Gasteiger partial charge in [0.05, 0.1) is 6.61 Å². The third-order valence-electron chi connectivity index (χ3n) is 6.64. The minimum Gasteiger partial charge on any atom is -0.508 e. The van der Waals surface area contributed by atoms with Crippen LogP contribution in [0.3, 0.4) is 0 Å². The first kappa shape index (κ1) is 31.1. The molecule has 0 aliphatic rings. The third kappa shape index (κ3) is 11.3. The Hall–Kier alpha value is -4.44. The van der Waals surface area contributed by atoms with Gasteiger partial charge in [-0.15, -0.1) is 6.58 Å². The summed E-state index contributed by atoms with van der Waals surface area (Å²) in [4.78, 5) is 24.2. The van der Waals surface area contributed by atoms with E-state index in [1.807, 2.05) is 78.9 Å². The first-order valence-corrected chi connectivity index (χ1v) is 14.4. The predicted molar refractivity (Wildman–Crippen MR) is 167 cm³/mol. The van der Waals surface area contributed by atoms with Crippen molar-refractivity contribution in [2.24, 2.45) is 0 Å². The van der Waals surface area contributed by atoms with Crippen molar-refractivity contribution in [1.29, 1.82) is 0 Å². The number of ether oxygens (including phenoxy) is 1. The quantitative estimate of drug-likeness (QED) is 0.0913. The molecule has 1 N–H and O–H groups in total. The topological polar surface area (TPSA) is 63.6 Å². The predicted octanol–water partition coefficient (Wildman–Crippen LogP) is 9.23. The standard InChI is InChI=1S/C24H30O2.C13H10O2/c1-2-3-4-5-6-7-8-9-13-20-26-23-18-16-22(17-19-23)24(25)21-14-11-10-12-15-21;14-12-8-6-11(7-9-12)13(15)10-4-2-1-3-5-10/h2,10-12,14-19H,1,3-9,13,20H2;1-9,14H. The summed E-state index contributed by atoms with van der Waals surface area (Å²) >= 11 is 0. The van der Waals surface area contributed by atoms with E-state index in [0.29, 0.717) is 22.3 Å². The maximum absolute atomic E-state index is 12.4. The van der Waals surface area contributed by atoms with E-state index >= 15 is 0 Å². The van der Waals surface area contributed by atoms with E-state index in [2.05, 4.69) is 6.58 Å². The van der Waals surface area contributed by atoms with E-state index in [1.165, 1.54) is 50.7 Å². The Morgan fingerprint density at radius 3 is 1.46 bits per heavy atom. The van der Waals surface area contributed by atoms with E-state index in [0.717, 1.165) is 25.2 Å². The molecule has 0 unspecified atom stereocenters. The lowest BCUT2D eigenvalue weighted by Gasteiger charge is -2.07. The van der Waals surface area contributed by atoms with Gasteiger partial charge in [0.1, 0.15) is 11.5 Å². The van der Waals surface area contributed by atoms with Crippen molar-refractivity contribution in [2.45, 2.75) is 51.4 Å². The number of phenols is 1. The first-order chi connectivity index (χ1) is 20.1. The lowest BCUT2D eigenvalue weighted by Crippen LogP contribution is -2.01. The van der Waals surface area contributed by atoms with Gasteiger partial charge in [0.15, 0.2) is 11.6 Å². The van der Waals surface area contributed by atoms with Crippen LogP contribution < -0.4 is 4.74 Å². The molecule has 4 aromatic rings. The van der Waals surface area contributed by atoms with Crippen LogP contribution in [0.4, 0.5) is 0 Å². The SMILES string of the molecule is C=CCCCCCCCCCOc1ccc(C(=O)c2ccccc2)cc1.O=C(c1ccccc1)c1ccc(O)cc1. The highest BCUT2D eigenvalue weighted by atomic mass is 16.5. The van der Waals surface area contributed by atoms with Crippen LogP contribution in [-0.2, 0) is 0 Å². The molecule has 0 atom stereocenters. The number of rotatable bonds is 15. The highest BCUT2D eigenvalue weighted by Crippen LogP contribution is 2.17. The van der Waals surface area contributed by atoms with Crippen molar-refractivity contribution in [3.8, 4) is 11.5 Å². The lowest BCUT2D eigenvalue weighted by molar-refractivity contribution is 0.103. The largest absolute Gasteiger partial charge is 0.508 e. The van der Waals surface area contributed by atoms with Gasteiger partial charge >= 0.3 is 0 Å². The number of carbonyl (C=O) groups is 2. The molecule has 0 spiro atoms. The van der Waals surface area contributed by atoms with Crippen LogP contribution in [0.1, 0.15) is 83.2 Å². The van der Waals surface area contributed by atoms with E-state index in [4.69, 9.17) is 9.84 Å². The number of hydrogen-bond acceptors (Lipinski definition) is 4. The normalized spacial score (nSPS) is 10.2. The second-order valence-electron chi connectivity index (χ2n) is 9.86. The number of aromatic hydroxyl groups is 1. The maximum Gasteiger partial charge on any atom is 0.193 e. The Balaban J connectivity index is 0.000000260. The average molecular weight is 549 g/mol. The summed E-state index contributed by atoms with van der Waals surface area (Å²) in [5.74, 6) is 1.01. The average Bonchev–Trinajstić information content (AvgIpc) is 3.03. The van der Waals surface area contributed by atoms with Crippen LogP contribution in [0.15, 0.2) is 122 Å². The van der Waals surface area contributed by atoms with Crippen LogP contribution in [0.2, 0.25) is 0 Å². The van der Waals surface area contributed by atoms with Crippen molar-refractivity contribution in [2.75, 3.05) is 6.61 Å². The van der Waals surface area contributed by atoms with Crippen molar-refractivity contribution in [3.63, 3.8) is 0 Å². The van der Waals surface area contributed by atoms with Gasteiger partial charge in [-0.1, -0.05) is 98.8 Å². The molecular weight excluding hydrogens is 508 g/mol. The smallest absolute Gasteiger partial charge is 0.193 e. The molecule has 4 aromatic carbocycles. The van der Waals surface area contributed by atoms with Gasteiger partial charge in [-0.05, 0) is 67.8 Å². The molecule has 4 nitrogen and oxygen atoms in total. The summed E-state index contributed by atoms with van der Waals surface area (Å²) in [5, 5.41) is 9.10. The molecule has 0 saturated heterocycles. The maximum atomic E-state index is 12.4. The van der Waals surface area contributed by atoms with E-state index < -0.39 is 0 Å². The molecule has 212 valence electrons.